The van der Waals surface area contributed by atoms with Crippen molar-refractivity contribution in [3.8, 4) is 0 Å². The van der Waals surface area contributed by atoms with E-state index in [2.05, 4.69) is 55.8 Å². The number of rotatable bonds is 2. The molecule has 0 fully saturated rings. The van der Waals surface area contributed by atoms with Gasteiger partial charge in [0.2, 0.25) is 0 Å². The molecule has 2 aromatic carbocycles. The normalized spacial score (nSPS) is 12.0. The Morgan fingerprint density at radius 1 is 0.952 bits per heavy atom. The summed E-state index contributed by atoms with van der Waals surface area (Å²) in [6.45, 7) is 7.46. The third-order valence-electron chi connectivity index (χ3n) is 3.86. The van der Waals surface area contributed by atoms with Crippen molar-refractivity contribution in [2.75, 3.05) is 0 Å². The second-order valence-corrected chi connectivity index (χ2v) is 6.56. The fraction of sp³-hybridized carbons (Fsp3) is 0.263. The molecule has 0 aliphatic heterocycles. The van der Waals surface area contributed by atoms with E-state index >= 15 is 0 Å². The van der Waals surface area contributed by atoms with Gasteiger partial charge in [-0.15, -0.1) is 0 Å². The number of fused-ring (bicyclic) bond motifs is 1. The van der Waals surface area contributed by atoms with E-state index in [4.69, 9.17) is 0 Å². The van der Waals surface area contributed by atoms with Gasteiger partial charge < -0.3 is 4.57 Å². The lowest BCUT2D eigenvalue weighted by molar-refractivity contribution is 0.592. The summed E-state index contributed by atoms with van der Waals surface area (Å²) in [5.74, 6) is -0.188. The molecule has 0 amide bonds. The molecule has 0 spiro atoms. The lowest BCUT2D eigenvalue weighted by Gasteiger charge is -2.17. The molecule has 1 nitrogen and oxygen atoms in total. The van der Waals surface area contributed by atoms with Gasteiger partial charge in [0.1, 0.15) is 5.82 Å². The predicted octanol–water partition coefficient (Wildman–Crippen LogP) is 5.13. The van der Waals surface area contributed by atoms with Gasteiger partial charge in [0.05, 0.1) is 0 Å². The molecule has 0 N–H and O–H groups in total. The zero-order valence-electron chi connectivity index (χ0n) is 12.7. The number of halogens is 1. The van der Waals surface area contributed by atoms with Crippen molar-refractivity contribution in [1.29, 1.82) is 0 Å². The lowest BCUT2D eigenvalue weighted by atomic mass is 9.87. The van der Waals surface area contributed by atoms with Crippen LogP contribution < -0.4 is 0 Å². The largest absolute Gasteiger partial charge is 0.343 e. The Bertz CT molecular complexity index is 760. The summed E-state index contributed by atoms with van der Waals surface area (Å²) in [6.07, 6.45) is 2.23. The van der Waals surface area contributed by atoms with Crippen LogP contribution in [0.1, 0.15) is 31.9 Å². The summed E-state index contributed by atoms with van der Waals surface area (Å²) in [4.78, 5) is 0. The molecule has 0 unspecified atom stereocenters. The maximum atomic E-state index is 13.0. The molecule has 1 aromatic heterocycles. The summed E-state index contributed by atoms with van der Waals surface area (Å²) in [7, 11) is 0. The molecule has 0 atom stereocenters. The molecule has 108 valence electrons. The van der Waals surface area contributed by atoms with Gasteiger partial charge in [-0.05, 0) is 34.7 Å². The van der Waals surface area contributed by atoms with Crippen LogP contribution in [0.4, 0.5) is 4.39 Å². The highest BCUT2D eigenvalue weighted by atomic mass is 19.1. The molecule has 0 radical (unpaired) electrons. The molecule has 1 heterocycles. The van der Waals surface area contributed by atoms with E-state index < -0.39 is 0 Å². The smallest absolute Gasteiger partial charge is 0.123 e. The van der Waals surface area contributed by atoms with Crippen LogP contribution >= 0.6 is 0 Å². The minimum Gasteiger partial charge on any atom is -0.343 e. The van der Waals surface area contributed by atoms with Crippen LogP contribution in [-0.4, -0.2) is 4.57 Å². The maximum absolute atomic E-state index is 13.0. The van der Waals surface area contributed by atoms with Gasteiger partial charge in [0.15, 0.2) is 0 Å². The monoisotopic (exact) mass is 281 g/mol. The molecule has 2 heteroatoms. The van der Waals surface area contributed by atoms with Crippen LogP contribution in [0.2, 0.25) is 0 Å². The van der Waals surface area contributed by atoms with Gasteiger partial charge in [0.25, 0.3) is 0 Å². The van der Waals surface area contributed by atoms with Crippen LogP contribution in [0.5, 0.6) is 0 Å². The summed E-state index contributed by atoms with van der Waals surface area (Å²) in [6, 6.07) is 15.2. The van der Waals surface area contributed by atoms with Crippen LogP contribution in [0, 0.1) is 5.82 Å². The molecule has 0 saturated heterocycles. The van der Waals surface area contributed by atoms with Gasteiger partial charge in [-0.1, -0.05) is 51.1 Å². The van der Waals surface area contributed by atoms with Gasteiger partial charge in [0, 0.05) is 23.6 Å². The van der Waals surface area contributed by atoms with Gasteiger partial charge >= 0.3 is 0 Å². The molecule has 0 bridgehead atoms. The van der Waals surface area contributed by atoms with Crippen molar-refractivity contribution in [2.45, 2.75) is 32.7 Å². The first-order valence-electron chi connectivity index (χ1n) is 7.28. The minimum atomic E-state index is -0.188. The van der Waals surface area contributed by atoms with Gasteiger partial charge in [-0.3, -0.25) is 0 Å². The van der Waals surface area contributed by atoms with Gasteiger partial charge in [-0.2, -0.15) is 0 Å². The van der Waals surface area contributed by atoms with Crippen molar-refractivity contribution in [3.05, 3.63) is 71.7 Å². The van der Waals surface area contributed by atoms with E-state index in [1.807, 2.05) is 12.1 Å². The summed E-state index contributed by atoms with van der Waals surface area (Å²) in [5, 5.41) is 1.30. The first-order chi connectivity index (χ1) is 9.95. The first kappa shape index (κ1) is 13.9. The highest BCUT2D eigenvalue weighted by molar-refractivity contribution is 5.85. The highest BCUT2D eigenvalue weighted by Crippen LogP contribution is 2.32. The quantitative estimate of drug-likeness (QED) is 0.614. The van der Waals surface area contributed by atoms with Crippen LogP contribution in [0.3, 0.4) is 0 Å². The molecule has 0 aliphatic rings. The number of hydrogen-bond donors (Lipinski definition) is 0. The van der Waals surface area contributed by atoms with Crippen molar-refractivity contribution in [2.24, 2.45) is 0 Å². The van der Waals surface area contributed by atoms with E-state index in [9.17, 15) is 4.39 Å². The topological polar surface area (TPSA) is 4.93 Å². The van der Waals surface area contributed by atoms with E-state index in [1.54, 1.807) is 0 Å². The number of benzene rings is 2. The second-order valence-electron chi connectivity index (χ2n) is 6.56. The fourth-order valence-corrected chi connectivity index (χ4v) is 2.76. The van der Waals surface area contributed by atoms with Crippen molar-refractivity contribution >= 4 is 10.9 Å². The molecule has 3 aromatic rings. The lowest BCUT2D eigenvalue weighted by Crippen LogP contribution is -2.10. The predicted molar refractivity (Wildman–Crippen MR) is 86.1 cm³/mol. The third kappa shape index (κ3) is 2.71. The van der Waals surface area contributed by atoms with Gasteiger partial charge in [-0.25, -0.2) is 4.39 Å². The standard InChI is InChI=1S/C19H20FN/c1-19(2,3)17-13-21(18-7-5-4-6-16(17)18)12-14-8-10-15(20)11-9-14/h4-11,13H,12H2,1-3H3. The number of nitrogens with zero attached hydrogens (tertiary/aromatic N) is 1. The Balaban J connectivity index is 2.08. The SMILES string of the molecule is CC(C)(C)c1cn(Cc2ccc(F)cc2)c2ccccc12. The molecule has 3 rings (SSSR count). The van der Waals surface area contributed by atoms with Crippen molar-refractivity contribution < 1.29 is 4.39 Å². The number of aromatic nitrogens is 1. The molecular formula is C19H20FN. The Morgan fingerprint density at radius 3 is 2.29 bits per heavy atom. The van der Waals surface area contributed by atoms with Crippen LogP contribution in [-0.2, 0) is 12.0 Å². The molecule has 0 aliphatic carbocycles. The Morgan fingerprint density at radius 2 is 1.62 bits per heavy atom. The van der Waals surface area contributed by atoms with E-state index in [0.717, 1.165) is 12.1 Å². The molecular weight excluding hydrogens is 261 g/mol. The van der Waals surface area contributed by atoms with Crippen LogP contribution in [0.25, 0.3) is 10.9 Å². The summed E-state index contributed by atoms with van der Waals surface area (Å²) < 4.78 is 15.3. The Hall–Kier alpha value is -2.09. The maximum Gasteiger partial charge on any atom is 0.123 e. The van der Waals surface area contributed by atoms with Crippen LogP contribution in [0.15, 0.2) is 54.7 Å². The molecule has 21 heavy (non-hydrogen) atoms. The van der Waals surface area contributed by atoms with E-state index in [1.165, 1.54) is 28.6 Å². The average molecular weight is 281 g/mol. The number of para-hydroxylation sites is 1. The molecule has 0 saturated carbocycles. The second kappa shape index (κ2) is 5.03. The van der Waals surface area contributed by atoms with E-state index in [-0.39, 0.29) is 11.2 Å². The first-order valence-corrected chi connectivity index (χ1v) is 7.28. The van der Waals surface area contributed by atoms with Crippen molar-refractivity contribution in [1.82, 2.24) is 4.57 Å². The zero-order chi connectivity index (χ0) is 15.0. The van der Waals surface area contributed by atoms with E-state index in [0.29, 0.717) is 0 Å². The highest BCUT2D eigenvalue weighted by Gasteiger charge is 2.19. The summed E-state index contributed by atoms with van der Waals surface area (Å²) in [5.41, 5.74) is 3.79. The Labute approximate surface area is 125 Å². The number of hydrogen-bond acceptors (Lipinski definition) is 0. The minimum absolute atomic E-state index is 0.105. The zero-order valence-corrected chi connectivity index (χ0v) is 12.7. The van der Waals surface area contributed by atoms with Crippen molar-refractivity contribution in [3.63, 3.8) is 0 Å². The fourth-order valence-electron chi connectivity index (χ4n) is 2.76. The average Bonchev–Trinajstić information content (AvgIpc) is 2.81. The Kier molecular flexibility index (Phi) is 3.32. The third-order valence-corrected chi connectivity index (χ3v) is 3.86. The summed E-state index contributed by atoms with van der Waals surface area (Å²) >= 11 is 0.